The Bertz CT molecular complexity index is 1020. The molecular formula is C21H18N2O4S2. The molecule has 0 unspecified atom stereocenters. The van der Waals surface area contributed by atoms with E-state index in [2.05, 4.69) is 12.2 Å². The number of carboxylic acids is 1. The van der Waals surface area contributed by atoms with E-state index in [0.29, 0.717) is 4.91 Å². The van der Waals surface area contributed by atoms with Gasteiger partial charge in [0, 0.05) is 0 Å². The van der Waals surface area contributed by atoms with Crippen molar-refractivity contribution in [2.24, 2.45) is 0 Å². The van der Waals surface area contributed by atoms with Crippen molar-refractivity contribution in [1.29, 1.82) is 0 Å². The van der Waals surface area contributed by atoms with Crippen LogP contribution in [0.2, 0.25) is 0 Å². The Labute approximate surface area is 177 Å². The molecule has 2 N–H and O–H groups in total. The first-order chi connectivity index (χ1) is 13.9. The summed E-state index contributed by atoms with van der Waals surface area (Å²) in [7, 11) is 0. The van der Waals surface area contributed by atoms with E-state index in [4.69, 9.17) is 12.2 Å². The summed E-state index contributed by atoms with van der Waals surface area (Å²) in [5, 5.41) is 11.7. The number of hydrogen-bond acceptors (Lipinski definition) is 5. The molecule has 0 aliphatic carbocycles. The molecule has 0 spiro atoms. The molecule has 0 radical (unpaired) electrons. The van der Waals surface area contributed by atoms with E-state index in [9.17, 15) is 19.5 Å². The van der Waals surface area contributed by atoms with Crippen molar-refractivity contribution in [2.45, 2.75) is 13.3 Å². The topological polar surface area (TPSA) is 86.7 Å². The lowest BCUT2D eigenvalue weighted by atomic mass is 10.1. The van der Waals surface area contributed by atoms with Crippen LogP contribution in [0.3, 0.4) is 0 Å². The van der Waals surface area contributed by atoms with Gasteiger partial charge in [-0.15, -0.1) is 0 Å². The first kappa shape index (κ1) is 20.8. The second kappa shape index (κ2) is 9.02. The summed E-state index contributed by atoms with van der Waals surface area (Å²) in [6, 6.07) is 13.9. The summed E-state index contributed by atoms with van der Waals surface area (Å²) in [5.41, 5.74) is 2.22. The van der Waals surface area contributed by atoms with Crippen molar-refractivity contribution in [1.82, 2.24) is 4.90 Å². The largest absolute Gasteiger partial charge is 0.478 e. The molecule has 2 aromatic rings. The number of carbonyl (C=O) groups excluding carboxylic acids is 2. The summed E-state index contributed by atoms with van der Waals surface area (Å²) < 4.78 is 0.285. The zero-order chi connectivity index (χ0) is 21.0. The van der Waals surface area contributed by atoms with Crippen molar-refractivity contribution in [3.8, 4) is 0 Å². The van der Waals surface area contributed by atoms with E-state index in [1.165, 1.54) is 22.6 Å². The summed E-state index contributed by atoms with van der Waals surface area (Å²) in [6.07, 6.45) is 2.68. The molecule has 0 saturated carbocycles. The van der Waals surface area contributed by atoms with E-state index in [0.717, 1.165) is 23.7 Å². The monoisotopic (exact) mass is 426 g/mol. The van der Waals surface area contributed by atoms with Crippen LogP contribution in [0.1, 0.15) is 28.4 Å². The minimum Gasteiger partial charge on any atom is -0.478 e. The number of nitrogens with zero attached hydrogens (tertiary/aromatic N) is 1. The molecule has 2 aromatic carbocycles. The molecule has 0 aromatic heterocycles. The number of anilines is 1. The average molecular weight is 427 g/mol. The van der Waals surface area contributed by atoms with Crippen LogP contribution in [0.4, 0.5) is 5.69 Å². The number of carbonyl (C=O) groups is 3. The van der Waals surface area contributed by atoms with Crippen molar-refractivity contribution < 1.29 is 19.5 Å². The van der Waals surface area contributed by atoms with E-state index < -0.39 is 11.9 Å². The molecule has 1 fully saturated rings. The van der Waals surface area contributed by atoms with Crippen molar-refractivity contribution in [2.75, 3.05) is 11.9 Å². The number of amides is 2. The first-order valence-corrected chi connectivity index (χ1v) is 10.1. The smallest absolute Gasteiger partial charge is 0.337 e. The van der Waals surface area contributed by atoms with Gasteiger partial charge in [0.05, 0.1) is 16.2 Å². The predicted octanol–water partition coefficient (Wildman–Crippen LogP) is 3.79. The molecule has 3 rings (SSSR count). The van der Waals surface area contributed by atoms with Gasteiger partial charge in [0.1, 0.15) is 10.9 Å². The Morgan fingerprint density at radius 1 is 1.17 bits per heavy atom. The van der Waals surface area contributed by atoms with Crippen LogP contribution in [0.25, 0.3) is 6.08 Å². The van der Waals surface area contributed by atoms with Gasteiger partial charge in [-0.05, 0) is 35.8 Å². The van der Waals surface area contributed by atoms with Crippen LogP contribution in [-0.4, -0.2) is 38.7 Å². The third-order valence-electron chi connectivity index (χ3n) is 4.29. The molecule has 148 valence electrons. The number of hydrogen-bond donors (Lipinski definition) is 2. The van der Waals surface area contributed by atoms with E-state index >= 15 is 0 Å². The van der Waals surface area contributed by atoms with Crippen LogP contribution in [0, 0.1) is 0 Å². The van der Waals surface area contributed by atoms with Gasteiger partial charge in [-0.3, -0.25) is 14.5 Å². The molecule has 8 heteroatoms. The highest BCUT2D eigenvalue weighted by atomic mass is 32.2. The van der Waals surface area contributed by atoms with E-state index in [1.807, 2.05) is 24.3 Å². The second-order valence-corrected chi connectivity index (χ2v) is 7.94. The number of nitrogens with one attached hydrogen (secondary N) is 1. The summed E-state index contributed by atoms with van der Waals surface area (Å²) in [5.74, 6) is -2.02. The number of aromatic carboxylic acids is 1. The molecule has 1 aliphatic heterocycles. The number of thioether (sulfide) groups is 1. The minimum atomic E-state index is -1.15. The molecule has 29 heavy (non-hydrogen) atoms. The number of thiocarbonyl (C=S) groups is 1. The van der Waals surface area contributed by atoms with Crippen LogP contribution in [0.5, 0.6) is 0 Å². The Morgan fingerprint density at radius 2 is 1.86 bits per heavy atom. The quantitative estimate of drug-likeness (QED) is 0.540. The lowest BCUT2D eigenvalue weighted by Gasteiger charge is -2.15. The second-order valence-electron chi connectivity index (χ2n) is 6.26. The van der Waals surface area contributed by atoms with Gasteiger partial charge in [0.2, 0.25) is 5.91 Å². The molecule has 6 nitrogen and oxygen atoms in total. The first-order valence-electron chi connectivity index (χ1n) is 8.85. The van der Waals surface area contributed by atoms with Crippen LogP contribution >= 0.6 is 24.0 Å². The Morgan fingerprint density at radius 3 is 2.52 bits per heavy atom. The third-order valence-corrected chi connectivity index (χ3v) is 5.67. The van der Waals surface area contributed by atoms with Gasteiger partial charge in [-0.1, -0.05) is 67.3 Å². The maximum atomic E-state index is 12.7. The number of benzene rings is 2. The lowest BCUT2D eigenvalue weighted by molar-refractivity contribution is -0.126. The molecule has 0 bridgehead atoms. The molecule has 0 atom stereocenters. The molecule has 2 amide bonds. The Hall–Kier alpha value is -2.97. The highest BCUT2D eigenvalue weighted by molar-refractivity contribution is 8.26. The van der Waals surface area contributed by atoms with Crippen molar-refractivity contribution >= 4 is 57.8 Å². The Balaban J connectivity index is 1.70. The lowest BCUT2D eigenvalue weighted by Crippen LogP contribution is -2.36. The van der Waals surface area contributed by atoms with Gasteiger partial charge in [-0.25, -0.2) is 4.79 Å². The zero-order valence-electron chi connectivity index (χ0n) is 15.5. The van der Waals surface area contributed by atoms with E-state index in [-0.39, 0.29) is 28.0 Å². The average Bonchev–Trinajstić information content (AvgIpc) is 2.96. The van der Waals surface area contributed by atoms with Gasteiger partial charge in [0.25, 0.3) is 5.91 Å². The fourth-order valence-corrected chi connectivity index (χ4v) is 4.00. The SMILES string of the molecule is CCc1ccc(/C=C2/SC(=S)N(CC(=O)Nc3ccccc3C(=O)O)C2=O)cc1. The van der Waals surface area contributed by atoms with Crippen LogP contribution in [-0.2, 0) is 16.0 Å². The van der Waals surface area contributed by atoms with Crippen molar-refractivity contribution in [3.05, 3.63) is 70.1 Å². The van der Waals surface area contributed by atoms with Gasteiger partial charge in [-0.2, -0.15) is 0 Å². The number of para-hydroxylation sites is 1. The summed E-state index contributed by atoms with van der Waals surface area (Å²) in [4.78, 5) is 38.0. The zero-order valence-corrected chi connectivity index (χ0v) is 17.2. The predicted molar refractivity (Wildman–Crippen MR) is 118 cm³/mol. The number of rotatable bonds is 6. The molecule has 1 heterocycles. The summed E-state index contributed by atoms with van der Waals surface area (Å²) in [6.45, 7) is 1.78. The fourth-order valence-electron chi connectivity index (χ4n) is 2.75. The highest BCUT2D eigenvalue weighted by Gasteiger charge is 2.33. The van der Waals surface area contributed by atoms with Crippen LogP contribution in [0.15, 0.2) is 53.4 Å². The standard InChI is InChI=1S/C21H18N2O4S2/c1-2-13-7-9-14(10-8-13)11-17-19(25)23(21(28)29-17)12-18(24)22-16-6-4-3-5-15(16)20(26)27/h3-11H,2,12H2,1H3,(H,22,24)(H,26,27)/b17-11+. The normalized spacial score (nSPS) is 15.1. The van der Waals surface area contributed by atoms with Gasteiger partial charge < -0.3 is 10.4 Å². The molecule has 1 aliphatic rings. The minimum absolute atomic E-state index is 0.0262. The van der Waals surface area contributed by atoms with Gasteiger partial charge in [0.15, 0.2) is 0 Å². The number of carboxylic acid groups (broad SMARTS) is 1. The molecule has 1 saturated heterocycles. The maximum Gasteiger partial charge on any atom is 0.337 e. The van der Waals surface area contributed by atoms with E-state index in [1.54, 1.807) is 18.2 Å². The third kappa shape index (κ3) is 4.90. The van der Waals surface area contributed by atoms with Crippen LogP contribution < -0.4 is 5.32 Å². The number of aryl methyl sites for hydroxylation is 1. The Kier molecular flexibility index (Phi) is 6.46. The fraction of sp³-hybridized carbons (Fsp3) is 0.143. The van der Waals surface area contributed by atoms with Crippen molar-refractivity contribution in [3.63, 3.8) is 0 Å². The van der Waals surface area contributed by atoms with Gasteiger partial charge >= 0.3 is 5.97 Å². The summed E-state index contributed by atoms with van der Waals surface area (Å²) >= 11 is 6.39. The highest BCUT2D eigenvalue weighted by Crippen LogP contribution is 2.32. The maximum absolute atomic E-state index is 12.7. The molecular weight excluding hydrogens is 408 g/mol.